The van der Waals surface area contributed by atoms with Crippen LogP contribution in [0.5, 0.6) is 5.75 Å². The first-order chi connectivity index (χ1) is 14.5. The summed E-state index contributed by atoms with van der Waals surface area (Å²) in [5.74, 6) is 0.234. The molecule has 7 nitrogen and oxygen atoms in total. The van der Waals surface area contributed by atoms with Gasteiger partial charge in [-0.2, -0.15) is 0 Å². The smallest absolute Gasteiger partial charge is 0.319 e. The lowest BCUT2D eigenvalue weighted by molar-refractivity contribution is -0.118. The second kappa shape index (κ2) is 10.3. The number of likely N-dealkylation sites (N-methyl/N-ethyl adjacent to an activating group) is 1. The Hall–Kier alpha value is -2.77. The number of rotatable bonds is 8. The van der Waals surface area contributed by atoms with Gasteiger partial charge in [-0.25, -0.2) is 4.79 Å². The molecule has 30 heavy (non-hydrogen) atoms. The Morgan fingerprint density at radius 3 is 2.67 bits per heavy atom. The van der Waals surface area contributed by atoms with E-state index in [4.69, 9.17) is 16.3 Å². The summed E-state index contributed by atoms with van der Waals surface area (Å²) in [5, 5.41) is 8.73. The predicted molar refractivity (Wildman–Crippen MR) is 119 cm³/mol. The van der Waals surface area contributed by atoms with E-state index in [9.17, 15) is 9.59 Å². The number of amides is 3. The maximum atomic E-state index is 12.5. The summed E-state index contributed by atoms with van der Waals surface area (Å²) >= 11 is 6.26. The van der Waals surface area contributed by atoms with Gasteiger partial charge in [0.05, 0.1) is 16.4 Å². The molecule has 3 amide bonds. The first kappa shape index (κ1) is 21.9. The highest BCUT2D eigenvalue weighted by Crippen LogP contribution is 2.36. The number of urea groups is 1. The SMILES string of the molecule is CCN(CC)C(CNC(=O)Nc1cc2c(cc1Cl)NC(=O)CO2)Cc1ccccc1. The fourth-order valence-corrected chi connectivity index (χ4v) is 3.74. The normalized spacial score (nSPS) is 13.8. The second-order valence-electron chi connectivity index (χ2n) is 7.06. The van der Waals surface area contributed by atoms with Gasteiger partial charge in [0.15, 0.2) is 6.61 Å². The van der Waals surface area contributed by atoms with Crippen LogP contribution >= 0.6 is 11.6 Å². The van der Waals surface area contributed by atoms with E-state index in [1.54, 1.807) is 12.1 Å². The number of hydrogen-bond acceptors (Lipinski definition) is 4. The molecule has 1 aliphatic rings. The largest absolute Gasteiger partial charge is 0.482 e. The summed E-state index contributed by atoms with van der Waals surface area (Å²) in [6.45, 7) is 6.47. The number of ether oxygens (including phenoxy) is 1. The molecular weight excluding hydrogens is 404 g/mol. The van der Waals surface area contributed by atoms with Crippen LogP contribution in [0.25, 0.3) is 0 Å². The van der Waals surface area contributed by atoms with Crippen LogP contribution < -0.4 is 20.7 Å². The molecule has 8 heteroatoms. The third-order valence-electron chi connectivity index (χ3n) is 5.09. The number of nitrogens with zero attached hydrogens (tertiary/aromatic N) is 1. The van der Waals surface area contributed by atoms with Crippen LogP contribution in [-0.4, -0.2) is 49.1 Å². The lowest BCUT2D eigenvalue weighted by Gasteiger charge is -2.30. The summed E-state index contributed by atoms with van der Waals surface area (Å²) in [7, 11) is 0. The average molecular weight is 431 g/mol. The zero-order valence-electron chi connectivity index (χ0n) is 17.2. The summed E-state index contributed by atoms with van der Waals surface area (Å²) < 4.78 is 5.39. The quantitative estimate of drug-likeness (QED) is 0.595. The fraction of sp³-hybridized carbons (Fsp3) is 0.364. The van der Waals surface area contributed by atoms with Gasteiger partial charge in [0, 0.05) is 18.7 Å². The average Bonchev–Trinajstić information content (AvgIpc) is 2.74. The van der Waals surface area contributed by atoms with Crippen molar-refractivity contribution < 1.29 is 14.3 Å². The number of fused-ring (bicyclic) bond motifs is 1. The van der Waals surface area contributed by atoms with Gasteiger partial charge >= 0.3 is 6.03 Å². The highest BCUT2D eigenvalue weighted by atomic mass is 35.5. The molecule has 2 aromatic carbocycles. The molecular formula is C22H27ClN4O3. The van der Waals surface area contributed by atoms with Gasteiger partial charge in [-0.1, -0.05) is 55.8 Å². The standard InChI is InChI=1S/C22H27ClN4O3/c1-3-27(4-2)16(10-15-8-6-5-7-9-15)13-24-22(29)26-18-12-20-19(11-17(18)23)25-21(28)14-30-20/h5-9,11-12,16H,3-4,10,13-14H2,1-2H3,(H,25,28)(H2,24,26,29). The van der Waals surface area contributed by atoms with Crippen LogP contribution in [0.15, 0.2) is 42.5 Å². The highest BCUT2D eigenvalue weighted by molar-refractivity contribution is 6.34. The van der Waals surface area contributed by atoms with Crippen molar-refractivity contribution in [2.75, 3.05) is 36.9 Å². The van der Waals surface area contributed by atoms with Crippen LogP contribution in [0.1, 0.15) is 19.4 Å². The molecule has 1 unspecified atom stereocenters. The Kier molecular flexibility index (Phi) is 7.54. The van der Waals surface area contributed by atoms with E-state index in [1.807, 2.05) is 18.2 Å². The molecule has 0 fully saturated rings. The summed E-state index contributed by atoms with van der Waals surface area (Å²) in [6.07, 6.45) is 0.843. The minimum Gasteiger partial charge on any atom is -0.482 e. The highest BCUT2D eigenvalue weighted by Gasteiger charge is 2.20. The van der Waals surface area contributed by atoms with Crippen molar-refractivity contribution in [2.24, 2.45) is 0 Å². The molecule has 0 radical (unpaired) electrons. The van der Waals surface area contributed by atoms with Gasteiger partial charge in [-0.05, 0) is 31.1 Å². The molecule has 0 aromatic heterocycles. The van der Waals surface area contributed by atoms with Crippen LogP contribution in [0, 0.1) is 0 Å². The number of halogens is 1. The van der Waals surface area contributed by atoms with E-state index in [0.29, 0.717) is 28.7 Å². The zero-order valence-corrected chi connectivity index (χ0v) is 18.0. The van der Waals surface area contributed by atoms with Gasteiger partial charge in [0.2, 0.25) is 0 Å². The summed E-state index contributed by atoms with van der Waals surface area (Å²) in [6, 6.07) is 13.3. The van der Waals surface area contributed by atoms with E-state index < -0.39 is 0 Å². The number of carbonyl (C=O) groups excluding carboxylic acids is 2. The van der Waals surface area contributed by atoms with Crippen LogP contribution in [0.2, 0.25) is 5.02 Å². The van der Waals surface area contributed by atoms with Crippen LogP contribution in [-0.2, 0) is 11.2 Å². The molecule has 0 bridgehead atoms. The predicted octanol–water partition coefficient (Wildman–Crippen LogP) is 3.75. The Balaban J connectivity index is 1.63. The van der Waals surface area contributed by atoms with Gasteiger partial charge in [-0.3, -0.25) is 9.69 Å². The third-order valence-corrected chi connectivity index (χ3v) is 5.40. The minimum absolute atomic E-state index is 0.0642. The van der Waals surface area contributed by atoms with Crippen molar-refractivity contribution in [3.63, 3.8) is 0 Å². The number of benzene rings is 2. The molecule has 3 N–H and O–H groups in total. The third kappa shape index (κ3) is 5.64. The van der Waals surface area contributed by atoms with Crippen molar-refractivity contribution in [3.8, 4) is 5.75 Å². The number of nitrogens with one attached hydrogen (secondary N) is 3. The van der Waals surface area contributed by atoms with E-state index in [2.05, 4.69) is 46.8 Å². The minimum atomic E-state index is -0.345. The van der Waals surface area contributed by atoms with Crippen molar-refractivity contribution in [2.45, 2.75) is 26.3 Å². The molecule has 0 saturated heterocycles. The molecule has 3 rings (SSSR count). The van der Waals surface area contributed by atoms with Gasteiger partial charge in [0.25, 0.3) is 5.91 Å². The molecule has 0 aliphatic carbocycles. The molecule has 0 spiro atoms. The maximum Gasteiger partial charge on any atom is 0.319 e. The molecule has 160 valence electrons. The van der Waals surface area contributed by atoms with Crippen LogP contribution in [0.4, 0.5) is 16.2 Å². The van der Waals surface area contributed by atoms with Crippen molar-refractivity contribution in [1.82, 2.24) is 10.2 Å². The maximum absolute atomic E-state index is 12.5. The Labute approximate surface area is 181 Å². The number of hydrogen-bond donors (Lipinski definition) is 3. The number of carbonyl (C=O) groups is 2. The van der Waals surface area contributed by atoms with Gasteiger partial charge in [0.1, 0.15) is 5.75 Å². The van der Waals surface area contributed by atoms with Gasteiger partial charge < -0.3 is 20.7 Å². The molecule has 2 aromatic rings. The van der Waals surface area contributed by atoms with E-state index >= 15 is 0 Å². The van der Waals surface area contributed by atoms with Gasteiger partial charge in [-0.15, -0.1) is 0 Å². The van der Waals surface area contributed by atoms with E-state index in [-0.39, 0.29) is 24.6 Å². The first-order valence-corrected chi connectivity index (χ1v) is 10.5. The summed E-state index contributed by atoms with van der Waals surface area (Å²) in [5.41, 5.74) is 2.15. The first-order valence-electron chi connectivity index (χ1n) is 10.1. The Morgan fingerprint density at radius 2 is 1.97 bits per heavy atom. The van der Waals surface area contributed by atoms with Crippen molar-refractivity contribution >= 4 is 34.9 Å². The molecule has 1 atom stereocenters. The molecule has 1 aliphatic heterocycles. The molecule has 0 saturated carbocycles. The topological polar surface area (TPSA) is 82.7 Å². The Morgan fingerprint density at radius 1 is 1.23 bits per heavy atom. The van der Waals surface area contributed by atoms with Crippen molar-refractivity contribution in [1.29, 1.82) is 0 Å². The lowest BCUT2D eigenvalue weighted by Crippen LogP contribution is -2.46. The fourth-order valence-electron chi connectivity index (χ4n) is 3.53. The molecule has 1 heterocycles. The van der Waals surface area contributed by atoms with E-state index in [1.165, 1.54) is 5.56 Å². The summed E-state index contributed by atoms with van der Waals surface area (Å²) in [4.78, 5) is 26.3. The Bertz CT molecular complexity index is 887. The zero-order chi connectivity index (χ0) is 21.5. The number of anilines is 2. The van der Waals surface area contributed by atoms with Crippen molar-refractivity contribution in [3.05, 3.63) is 53.1 Å². The second-order valence-corrected chi connectivity index (χ2v) is 7.47. The monoisotopic (exact) mass is 430 g/mol. The van der Waals surface area contributed by atoms with E-state index in [0.717, 1.165) is 19.5 Å². The van der Waals surface area contributed by atoms with Crippen LogP contribution in [0.3, 0.4) is 0 Å². The lowest BCUT2D eigenvalue weighted by atomic mass is 10.0.